The van der Waals surface area contributed by atoms with Gasteiger partial charge in [0, 0.05) is 23.5 Å². The van der Waals surface area contributed by atoms with E-state index in [2.05, 4.69) is 22.1 Å². The summed E-state index contributed by atoms with van der Waals surface area (Å²) in [4.78, 5) is 16.8. The lowest BCUT2D eigenvalue weighted by molar-refractivity contribution is 0.102. The third kappa shape index (κ3) is 4.46. The minimum atomic E-state index is 0.0631. The highest BCUT2D eigenvalue weighted by Gasteiger charge is 2.17. The lowest BCUT2D eigenvalue weighted by atomic mass is 10.1. The number of rotatable bonds is 8. The topological polar surface area (TPSA) is 73.8 Å². The van der Waals surface area contributed by atoms with Crippen molar-refractivity contribution in [2.75, 3.05) is 5.75 Å². The molecular formula is C22H20N4O2S. The largest absolute Gasteiger partial charge is 0.467 e. The number of pyridine rings is 1. The number of thioether (sulfide) groups is 1. The molecule has 6 nitrogen and oxygen atoms in total. The molecule has 0 unspecified atom stereocenters. The molecule has 0 bridgehead atoms. The van der Waals surface area contributed by atoms with Gasteiger partial charge in [-0.15, -0.1) is 10.2 Å². The molecule has 3 heterocycles. The summed E-state index contributed by atoms with van der Waals surface area (Å²) in [6.45, 7) is 2.57. The maximum atomic E-state index is 12.6. The van der Waals surface area contributed by atoms with Crippen molar-refractivity contribution in [3.8, 4) is 11.4 Å². The van der Waals surface area contributed by atoms with E-state index in [1.807, 2.05) is 53.1 Å². The maximum absolute atomic E-state index is 12.6. The molecule has 0 aliphatic heterocycles. The number of nitrogens with zero attached hydrogens (tertiary/aromatic N) is 4. The Bertz CT molecular complexity index is 1070. The van der Waals surface area contributed by atoms with Crippen LogP contribution in [0.25, 0.3) is 11.4 Å². The van der Waals surface area contributed by atoms with E-state index in [4.69, 9.17) is 4.42 Å². The monoisotopic (exact) mass is 404 g/mol. The highest BCUT2D eigenvalue weighted by atomic mass is 32.2. The zero-order chi connectivity index (χ0) is 20.1. The minimum Gasteiger partial charge on any atom is -0.467 e. The van der Waals surface area contributed by atoms with Crippen LogP contribution < -0.4 is 0 Å². The van der Waals surface area contributed by atoms with Gasteiger partial charge < -0.3 is 4.42 Å². The van der Waals surface area contributed by atoms with Crippen LogP contribution in [0.4, 0.5) is 0 Å². The van der Waals surface area contributed by atoms with Crippen LogP contribution in [0.1, 0.15) is 28.6 Å². The Kier molecular flexibility index (Phi) is 5.86. The average Bonchev–Trinajstić information content (AvgIpc) is 3.43. The second kappa shape index (κ2) is 8.87. The summed E-state index contributed by atoms with van der Waals surface area (Å²) < 4.78 is 7.45. The van der Waals surface area contributed by atoms with Crippen LogP contribution in [0, 0.1) is 0 Å². The summed E-state index contributed by atoms with van der Waals surface area (Å²) in [5.74, 6) is 1.83. The van der Waals surface area contributed by atoms with Gasteiger partial charge in [0.25, 0.3) is 0 Å². The first-order valence-corrected chi connectivity index (χ1v) is 10.3. The Morgan fingerprint density at radius 1 is 1.10 bits per heavy atom. The Labute approximate surface area is 173 Å². The van der Waals surface area contributed by atoms with Crippen LogP contribution in [0.15, 0.2) is 76.8 Å². The summed E-state index contributed by atoms with van der Waals surface area (Å²) in [5.41, 5.74) is 2.78. The van der Waals surface area contributed by atoms with Gasteiger partial charge in [-0.3, -0.25) is 14.3 Å². The second-order valence-corrected chi connectivity index (χ2v) is 7.42. The fourth-order valence-electron chi connectivity index (χ4n) is 2.94. The van der Waals surface area contributed by atoms with Gasteiger partial charge in [-0.25, -0.2) is 0 Å². The lowest BCUT2D eigenvalue weighted by Gasteiger charge is -2.08. The van der Waals surface area contributed by atoms with E-state index in [9.17, 15) is 4.79 Å². The van der Waals surface area contributed by atoms with Gasteiger partial charge in [0.05, 0.1) is 18.6 Å². The Balaban J connectivity index is 1.56. The number of furan rings is 1. The molecule has 146 valence electrons. The Morgan fingerprint density at radius 2 is 1.97 bits per heavy atom. The number of Topliss-reactive ketones (excluding diaryl/α,β-unsaturated/α-hetero) is 1. The molecule has 0 amide bonds. The van der Waals surface area contributed by atoms with Gasteiger partial charge in [-0.2, -0.15) is 0 Å². The van der Waals surface area contributed by atoms with Crippen LogP contribution in [0.2, 0.25) is 0 Å². The molecule has 0 atom stereocenters. The molecule has 0 radical (unpaired) electrons. The quantitative estimate of drug-likeness (QED) is 0.318. The number of aryl methyl sites for hydroxylation is 1. The molecule has 0 N–H and O–H groups in total. The van der Waals surface area contributed by atoms with Gasteiger partial charge in [0.2, 0.25) is 0 Å². The predicted molar refractivity (Wildman–Crippen MR) is 112 cm³/mol. The van der Waals surface area contributed by atoms with Crippen molar-refractivity contribution in [1.82, 2.24) is 19.7 Å². The molecule has 0 fully saturated rings. The standard InChI is InChI=1S/C22H20N4O2S/c1-2-16-7-9-17(10-8-16)20(27)15-29-22-25-24-21(18-5-3-11-23-13-18)26(22)14-19-6-4-12-28-19/h3-13H,2,14-15H2,1H3. The highest BCUT2D eigenvalue weighted by Crippen LogP contribution is 2.25. The number of carbonyl (C=O) groups is 1. The van der Waals surface area contributed by atoms with E-state index in [1.54, 1.807) is 18.7 Å². The number of carbonyl (C=O) groups excluding carboxylic acids is 1. The van der Waals surface area contributed by atoms with Gasteiger partial charge in [-0.05, 0) is 36.2 Å². The molecule has 1 aromatic carbocycles. The molecule has 0 spiro atoms. The van der Waals surface area contributed by atoms with Crippen molar-refractivity contribution in [1.29, 1.82) is 0 Å². The maximum Gasteiger partial charge on any atom is 0.192 e. The first kappa shape index (κ1) is 19.1. The molecule has 0 aliphatic carbocycles. The first-order chi connectivity index (χ1) is 14.2. The fraction of sp³-hybridized carbons (Fsp3) is 0.182. The highest BCUT2D eigenvalue weighted by molar-refractivity contribution is 7.99. The number of hydrogen-bond donors (Lipinski definition) is 0. The number of ketones is 1. The summed E-state index contributed by atoms with van der Waals surface area (Å²) in [6, 6.07) is 15.3. The minimum absolute atomic E-state index is 0.0631. The van der Waals surface area contributed by atoms with E-state index in [0.717, 1.165) is 17.7 Å². The predicted octanol–water partition coefficient (Wildman–Crippen LogP) is 4.52. The van der Waals surface area contributed by atoms with Crippen LogP contribution >= 0.6 is 11.8 Å². The normalized spacial score (nSPS) is 10.9. The first-order valence-electron chi connectivity index (χ1n) is 9.35. The lowest BCUT2D eigenvalue weighted by Crippen LogP contribution is -2.07. The smallest absolute Gasteiger partial charge is 0.192 e. The fourth-order valence-corrected chi connectivity index (χ4v) is 3.78. The molecule has 4 rings (SSSR count). The van der Waals surface area contributed by atoms with Gasteiger partial charge >= 0.3 is 0 Å². The van der Waals surface area contributed by atoms with Crippen molar-refractivity contribution in [3.63, 3.8) is 0 Å². The van der Waals surface area contributed by atoms with E-state index >= 15 is 0 Å². The third-order valence-corrected chi connectivity index (χ3v) is 5.51. The SMILES string of the molecule is CCc1ccc(C(=O)CSc2nnc(-c3cccnc3)n2Cc2ccco2)cc1. The van der Waals surface area contributed by atoms with Crippen LogP contribution in [-0.2, 0) is 13.0 Å². The van der Waals surface area contributed by atoms with Crippen molar-refractivity contribution >= 4 is 17.5 Å². The van der Waals surface area contributed by atoms with E-state index in [1.165, 1.54) is 17.3 Å². The molecule has 29 heavy (non-hydrogen) atoms. The van der Waals surface area contributed by atoms with Crippen molar-refractivity contribution < 1.29 is 9.21 Å². The van der Waals surface area contributed by atoms with E-state index < -0.39 is 0 Å². The van der Waals surface area contributed by atoms with E-state index in [0.29, 0.717) is 23.1 Å². The molecule has 7 heteroatoms. The van der Waals surface area contributed by atoms with E-state index in [-0.39, 0.29) is 11.5 Å². The zero-order valence-electron chi connectivity index (χ0n) is 16.0. The Hall–Kier alpha value is -3.19. The van der Waals surface area contributed by atoms with Gasteiger partial charge in [0.15, 0.2) is 16.8 Å². The summed E-state index contributed by atoms with van der Waals surface area (Å²) >= 11 is 1.38. The number of hydrogen-bond acceptors (Lipinski definition) is 6. The van der Waals surface area contributed by atoms with Crippen molar-refractivity contribution in [2.24, 2.45) is 0 Å². The Morgan fingerprint density at radius 3 is 2.66 bits per heavy atom. The molecular weight excluding hydrogens is 384 g/mol. The van der Waals surface area contributed by atoms with Gasteiger partial charge in [0.1, 0.15) is 5.76 Å². The molecule has 3 aromatic heterocycles. The van der Waals surface area contributed by atoms with Crippen molar-refractivity contribution in [3.05, 3.63) is 84.1 Å². The number of aromatic nitrogens is 4. The molecule has 4 aromatic rings. The van der Waals surface area contributed by atoms with Crippen LogP contribution in [0.5, 0.6) is 0 Å². The van der Waals surface area contributed by atoms with Crippen LogP contribution in [0.3, 0.4) is 0 Å². The summed E-state index contributed by atoms with van der Waals surface area (Å²) in [7, 11) is 0. The average molecular weight is 404 g/mol. The van der Waals surface area contributed by atoms with Crippen LogP contribution in [-0.4, -0.2) is 31.3 Å². The summed E-state index contributed by atoms with van der Waals surface area (Å²) in [6.07, 6.45) is 6.06. The molecule has 0 saturated heterocycles. The number of benzene rings is 1. The third-order valence-electron chi connectivity index (χ3n) is 4.55. The zero-order valence-corrected chi connectivity index (χ0v) is 16.8. The van der Waals surface area contributed by atoms with Gasteiger partial charge in [-0.1, -0.05) is 43.0 Å². The molecule has 0 saturated carbocycles. The summed E-state index contributed by atoms with van der Waals surface area (Å²) in [5, 5.41) is 9.33. The second-order valence-electron chi connectivity index (χ2n) is 6.48. The van der Waals surface area contributed by atoms with Crippen molar-refractivity contribution in [2.45, 2.75) is 25.0 Å². The molecule has 0 aliphatic rings.